The van der Waals surface area contributed by atoms with Gasteiger partial charge in [-0.05, 0) is 44.4 Å². The molecule has 1 fully saturated rings. The first-order valence-corrected chi connectivity index (χ1v) is 7.80. The minimum Gasteiger partial charge on any atom is -0.381 e. The maximum absolute atomic E-state index is 5.97. The van der Waals surface area contributed by atoms with Crippen LogP contribution in [0.2, 0.25) is 0 Å². The van der Waals surface area contributed by atoms with E-state index in [9.17, 15) is 0 Å². The maximum Gasteiger partial charge on any atom is 0.111 e. The standard InChI is InChI=1S/C16H21ClN2O/c1-12-3-4-14-13(11-12)18-15(5-8-17)19(14)16(2)6-9-20-10-7-16/h3-4,11H,5-10H2,1-2H3. The molecule has 2 aromatic rings. The number of imidazole rings is 1. The zero-order valence-electron chi connectivity index (χ0n) is 12.2. The number of aryl methyl sites for hydroxylation is 2. The summed E-state index contributed by atoms with van der Waals surface area (Å²) in [6, 6.07) is 6.51. The molecule has 1 aromatic heterocycles. The van der Waals surface area contributed by atoms with Crippen molar-refractivity contribution in [1.82, 2.24) is 9.55 Å². The summed E-state index contributed by atoms with van der Waals surface area (Å²) in [6.45, 7) is 6.06. The fourth-order valence-corrected chi connectivity index (χ4v) is 3.30. The maximum atomic E-state index is 5.97. The van der Waals surface area contributed by atoms with Crippen molar-refractivity contribution in [3.8, 4) is 0 Å². The molecule has 0 amide bonds. The van der Waals surface area contributed by atoms with Crippen LogP contribution in [0.25, 0.3) is 11.0 Å². The van der Waals surface area contributed by atoms with Crippen molar-refractivity contribution in [2.45, 2.75) is 38.6 Å². The van der Waals surface area contributed by atoms with Crippen molar-refractivity contribution < 1.29 is 4.74 Å². The van der Waals surface area contributed by atoms with Crippen LogP contribution in [-0.4, -0.2) is 28.6 Å². The summed E-state index contributed by atoms with van der Waals surface area (Å²) in [7, 11) is 0. The van der Waals surface area contributed by atoms with Crippen molar-refractivity contribution in [1.29, 1.82) is 0 Å². The second kappa shape index (κ2) is 5.38. The Morgan fingerprint density at radius 2 is 2.10 bits per heavy atom. The number of halogens is 1. The van der Waals surface area contributed by atoms with Crippen LogP contribution in [0.3, 0.4) is 0 Å². The molecule has 3 nitrogen and oxygen atoms in total. The Kier molecular flexibility index (Phi) is 3.74. The molecule has 1 aliphatic rings. The van der Waals surface area contributed by atoms with Gasteiger partial charge in [-0.25, -0.2) is 4.98 Å². The SMILES string of the molecule is Cc1ccc2c(c1)nc(CCCl)n2C1(C)CCOCC1. The molecule has 2 heterocycles. The molecule has 1 aromatic carbocycles. The van der Waals surface area contributed by atoms with Crippen LogP contribution in [0.1, 0.15) is 31.2 Å². The lowest BCUT2D eigenvalue weighted by Crippen LogP contribution is -2.37. The second-order valence-electron chi connectivity index (χ2n) is 5.90. The summed E-state index contributed by atoms with van der Waals surface area (Å²) in [5.74, 6) is 1.71. The summed E-state index contributed by atoms with van der Waals surface area (Å²) in [5.41, 5.74) is 3.64. The van der Waals surface area contributed by atoms with Gasteiger partial charge in [-0.1, -0.05) is 6.07 Å². The van der Waals surface area contributed by atoms with E-state index in [2.05, 4.69) is 36.6 Å². The summed E-state index contributed by atoms with van der Waals surface area (Å²) in [4.78, 5) is 4.82. The van der Waals surface area contributed by atoms with Gasteiger partial charge in [0.1, 0.15) is 5.82 Å². The van der Waals surface area contributed by atoms with Crippen molar-refractivity contribution in [2.24, 2.45) is 0 Å². The Balaban J connectivity index is 2.17. The molecule has 0 spiro atoms. The molecular formula is C16H21ClN2O. The van der Waals surface area contributed by atoms with Gasteiger partial charge in [-0.3, -0.25) is 0 Å². The van der Waals surface area contributed by atoms with Gasteiger partial charge in [-0.15, -0.1) is 11.6 Å². The summed E-state index contributed by atoms with van der Waals surface area (Å²) in [6.07, 6.45) is 2.87. The molecule has 0 bridgehead atoms. The number of benzene rings is 1. The lowest BCUT2D eigenvalue weighted by Gasteiger charge is -2.36. The van der Waals surface area contributed by atoms with Crippen molar-refractivity contribution in [3.63, 3.8) is 0 Å². The third kappa shape index (κ3) is 2.33. The van der Waals surface area contributed by atoms with Gasteiger partial charge in [-0.2, -0.15) is 0 Å². The van der Waals surface area contributed by atoms with Gasteiger partial charge in [0.05, 0.1) is 11.0 Å². The van der Waals surface area contributed by atoms with Crippen LogP contribution in [0, 0.1) is 6.92 Å². The van der Waals surface area contributed by atoms with E-state index in [1.807, 2.05) is 0 Å². The highest BCUT2D eigenvalue weighted by Gasteiger charge is 2.32. The van der Waals surface area contributed by atoms with E-state index >= 15 is 0 Å². The first kappa shape index (κ1) is 13.9. The topological polar surface area (TPSA) is 27.1 Å². The quantitative estimate of drug-likeness (QED) is 0.808. The van der Waals surface area contributed by atoms with Crippen LogP contribution >= 0.6 is 11.6 Å². The number of alkyl halides is 1. The predicted molar refractivity (Wildman–Crippen MR) is 82.6 cm³/mol. The molecule has 0 atom stereocenters. The Bertz CT molecular complexity index is 614. The average molecular weight is 293 g/mol. The number of hydrogen-bond acceptors (Lipinski definition) is 2. The number of hydrogen-bond donors (Lipinski definition) is 0. The Labute approximate surface area is 124 Å². The van der Waals surface area contributed by atoms with E-state index < -0.39 is 0 Å². The highest BCUT2D eigenvalue weighted by atomic mass is 35.5. The van der Waals surface area contributed by atoms with E-state index in [-0.39, 0.29) is 5.54 Å². The minimum atomic E-state index is 0.0870. The van der Waals surface area contributed by atoms with Crippen LogP contribution in [0.15, 0.2) is 18.2 Å². The summed E-state index contributed by atoms with van der Waals surface area (Å²) >= 11 is 5.97. The predicted octanol–water partition coefficient (Wildman–Crippen LogP) is 3.65. The number of rotatable bonds is 3. The van der Waals surface area contributed by atoms with Gasteiger partial charge in [0, 0.05) is 31.1 Å². The Hall–Kier alpha value is -1.06. The second-order valence-corrected chi connectivity index (χ2v) is 6.28. The van der Waals surface area contributed by atoms with Gasteiger partial charge >= 0.3 is 0 Å². The molecule has 1 aliphatic heterocycles. The molecule has 1 saturated heterocycles. The third-order valence-corrected chi connectivity index (χ3v) is 4.50. The molecule has 0 N–H and O–H groups in total. The molecule has 4 heteroatoms. The van der Waals surface area contributed by atoms with Crippen LogP contribution in [0.5, 0.6) is 0 Å². The molecule has 20 heavy (non-hydrogen) atoms. The fourth-order valence-electron chi connectivity index (χ4n) is 3.13. The van der Waals surface area contributed by atoms with Gasteiger partial charge in [0.15, 0.2) is 0 Å². The van der Waals surface area contributed by atoms with E-state index in [1.165, 1.54) is 11.1 Å². The molecule has 0 saturated carbocycles. The van der Waals surface area contributed by atoms with E-state index in [0.717, 1.165) is 43.8 Å². The lowest BCUT2D eigenvalue weighted by atomic mass is 9.91. The van der Waals surface area contributed by atoms with Gasteiger partial charge in [0.25, 0.3) is 0 Å². The summed E-state index contributed by atoms with van der Waals surface area (Å²) in [5, 5.41) is 0. The molecular weight excluding hydrogens is 272 g/mol. The lowest BCUT2D eigenvalue weighted by molar-refractivity contribution is 0.0301. The minimum absolute atomic E-state index is 0.0870. The van der Waals surface area contributed by atoms with Crippen molar-refractivity contribution >= 4 is 22.6 Å². The first-order chi connectivity index (χ1) is 9.64. The molecule has 0 unspecified atom stereocenters. The Morgan fingerprint density at radius 1 is 1.35 bits per heavy atom. The normalized spacial score (nSPS) is 18.6. The van der Waals surface area contributed by atoms with Crippen LogP contribution < -0.4 is 0 Å². The zero-order chi connectivity index (χ0) is 14.2. The van der Waals surface area contributed by atoms with Crippen LogP contribution in [-0.2, 0) is 16.7 Å². The first-order valence-electron chi connectivity index (χ1n) is 7.26. The van der Waals surface area contributed by atoms with Crippen LogP contribution in [0.4, 0.5) is 0 Å². The molecule has 108 valence electrons. The van der Waals surface area contributed by atoms with Gasteiger partial charge in [0.2, 0.25) is 0 Å². The van der Waals surface area contributed by atoms with Gasteiger partial charge < -0.3 is 9.30 Å². The van der Waals surface area contributed by atoms with E-state index in [0.29, 0.717) is 5.88 Å². The Morgan fingerprint density at radius 3 is 2.80 bits per heavy atom. The molecule has 0 radical (unpaired) electrons. The summed E-state index contributed by atoms with van der Waals surface area (Å²) < 4.78 is 7.94. The fraction of sp³-hybridized carbons (Fsp3) is 0.562. The monoisotopic (exact) mass is 292 g/mol. The third-order valence-electron chi connectivity index (χ3n) is 4.31. The van der Waals surface area contributed by atoms with E-state index in [1.54, 1.807) is 0 Å². The van der Waals surface area contributed by atoms with E-state index in [4.69, 9.17) is 21.3 Å². The van der Waals surface area contributed by atoms with Crippen molar-refractivity contribution in [3.05, 3.63) is 29.6 Å². The number of nitrogens with zero attached hydrogens (tertiary/aromatic N) is 2. The highest BCUT2D eigenvalue weighted by Crippen LogP contribution is 2.34. The molecule has 0 aliphatic carbocycles. The number of fused-ring (bicyclic) bond motifs is 1. The average Bonchev–Trinajstić information content (AvgIpc) is 2.77. The number of ether oxygens (including phenoxy) is 1. The zero-order valence-corrected chi connectivity index (χ0v) is 12.9. The molecule has 3 rings (SSSR count). The highest BCUT2D eigenvalue weighted by molar-refractivity contribution is 6.17. The van der Waals surface area contributed by atoms with Crippen molar-refractivity contribution in [2.75, 3.05) is 19.1 Å². The smallest absolute Gasteiger partial charge is 0.111 e. The number of aromatic nitrogens is 2. The largest absolute Gasteiger partial charge is 0.381 e.